The van der Waals surface area contributed by atoms with Crippen LogP contribution >= 0.6 is 0 Å². The van der Waals surface area contributed by atoms with E-state index in [9.17, 15) is 24.0 Å². The van der Waals surface area contributed by atoms with Gasteiger partial charge in [0.05, 0.1) is 18.8 Å². The lowest BCUT2D eigenvalue weighted by Crippen LogP contribution is -2.39. The molecular weight excluding hydrogens is 516 g/mol. The summed E-state index contributed by atoms with van der Waals surface area (Å²) >= 11 is 0. The Hall–Kier alpha value is -4.03. The average Bonchev–Trinajstić information content (AvgIpc) is 3.51. The molecule has 2 atom stereocenters. The quantitative estimate of drug-likeness (QED) is 0.559. The van der Waals surface area contributed by atoms with Crippen molar-refractivity contribution >= 4 is 23.6 Å². The first-order chi connectivity index (χ1) is 19.3. The summed E-state index contributed by atoms with van der Waals surface area (Å²) in [7, 11) is 1.59. The van der Waals surface area contributed by atoms with Crippen molar-refractivity contribution in [2.24, 2.45) is 5.92 Å². The van der Waals surface area contributed by atoms with E-state index in [0.717, 1.165) is 19.3 Å². The highest BCUT2D eigenvalue weighted by atomic mass is 16.2. The van der Waals surface area contributed by atoms with Crippen molar-refractivity contribution in [3.63, 3.8) is 0 Å². The second-order valence-electron chi connectivity index (χ2n) is 10.9. The number of nitrogens with zero attached hydrogens (tertiary/aromatic N) is 7. The van der Waals surface area contributed by atoms with Gasteiger partial charge in [0.15, 0.2) is 0 Å². The summed E-state index contributed by atoms with van der Waals surface area (Å²) in [6.45, 7) is 2.46. The van der Waals surface area contributed by atoms with E-state index in [-0.39, 0.29) is 67.7 Å². The topological polar surface area (TPSA) is 143 Å². The zero-order chi connectivity index (χ0) is 28.2. The van der Waals surface area contributed by atoms with Gasteiger partial charge in [0.1, 0.15) is 11.3 Å². The van der Waals surface area contributed by atoms with Crippen molar-refractivity contribution in [3.05, 3.63) is 46.1 Å². The van der Waals surface area contributed by atoms with Crippen molar-refractivity contribution in [2.75, 3.05) is 46.3 Å². The van der Waals surface area contributed by atoms with E-state index in [2.05, 4.69) is 15.6 Å². The smallest absolute Gasteiger partial charge is 0.263 e. The Morgan fingerprint density at radius 2 is 1.95 bits per heavy atom. The fourth-order valence-electron chi connectivity index (χ4n) is 5.75. The SMILES string of the molecule is CN1CCNC(=O)C[C@H]2CN(C(=O)CCN3CCCCCC3=O)C[C@H]2n2cc(nn2)Cn2cccc(c2=O)C1=O. The number of hydrogen-bond donors (Lipinski definition) is 1. The van der Waals surface area contributed by atoms with E-state index in [1.54, 1.807) is 40.0 Å². The minimum absolute atomic E-state index is 0.0442. The standard InChI is InChI=1S/C27H36N8O5/c1-31-13-9-28-23(36)14-19-15-34(25(38)8-12-32-10-4-2-3-7-24(32)37)18-22(19)35-17-20(29-30-35)16-33-11-5-6-21(26(31)39)27(33)40/h5-6,11,17,19,22H,2-4,7-10,12-16,18H2,1H3,(H,28,36)/t19-,22+/m0/s1. The summed E-state index contributed by atoms with van der Waals surface area (Å²) < 4.78 is 3.10. The van der Waals surface area contributed by atoms with E-state index < -0.39 is 11.5 Å². The van der Waals surface area contributed by atoms with Gasteiger partial charge in [0, 0.05) is 77.7 Å². The number of pyridine rings is 1. The minimum atomic E-state index is -0.427. The number of carbonyl (C=O) groups excluding carboxylic acids is 4. The van der Waals surface area contributed by atoms with Gasteiger partial charge in [-0.15, -0.1) is 5.10 Å². The molecule has 2 aromatic rings. The van der Waals surface area contributed by atoms with E-state index >= 15 is 0 Å². The van der Waals surface area contributed by atoms with Crippen LogP contribution in [0.3, 0.4) is 0 Å². The molecule has 2 aromatic heterocycles. The van der Waals surface area contributed by atoms with Gasteiger partial charge in [-0.2, -0.15) is 0 Å². The molecule has 5 rings (SSSR count). The molecule has 3 aliphatic heterocycles. The number of amides is 4. The Morgan fingerprint density at radius 3 is 2.80 bits per heavy atom. The summed E-state index contributed by atoms with van der Waals surface area (Å²) in [4.78, 5) is 69.3. The lowest BCUT2D eigenvalue weighted by atomic mass is 9.99. The van der Waals surface area contributed by atoms with Gasteiger partial charge in [0.2, 0.25) is 17.7 Å². The molecule has 0 aliphatic carbocycles. The van der Waals surface area contributed by atoms with Gasteiger partial charge in [-0.05, 0) is 25.0 Å². The minimum Gasteiger partial charge on any atom is -0.354 e. The van der Waals surface area contributed by atoms with Crippen LogP contribution < -0.4 is 10.9 Å². The number of likely N-dealkylation sites (N-methyl/N-ethyl adjacent to an activating group) is 1. The molecule has 2 fully saturated rings. The lowest BCUT2D eigenvalue weighted by Gasteiger charge is -2.22. The first-order valence-electron chi connectivity index (χ1n) is 14.0. The maximum absolute atomic E-state index is 13.2. The highest BCUT2D eigenvalue weighted by molar-refractivity contribution is 5.93. The number of likely N-dealkylation sites (tertiary alicyclic amines) is 2. The van der Waals surface area contributed by atoms with E-state index in [4.69, 9.17) is 0 Å². The zero-order valence-electron chi connectivity index (χ0n) is 22.8. The summed E-state index contributed by atoms with van der Waals surface area (Å²) in [5.74, 6) is -0.752. The third kappa shape index (κ3) is 6.07. The van der Waals surface area contributed by atoms with Crippen molar-refractivity contribution in [3.8, 4) is 0 Å². The highest BCUT2D eigenvalue weighted by Gasteiger charge is 2.38. The first kappa shape index (κ1) is 27.5. The van der Waals surface area contributed by atoms with Crippen LogP contribution in [-0.2, 0) is 20.9 Å². The fraction of sp³-hybridized carbons (Fsp3) is 0.593. The van der Waals surface area contributed by atoms with Crippen LogP contribution in [0, 0.1) is 5.92 Å². The lowest BCUT2D eigenvalue weighted by molar-refractivity contribution is -0.134. The van der Waals surface area contributed by atoms with Crippen LogP contribution in [0.15, 0.2) is 29.3 Å². The molecule has 1 N–H and O–H groups in total. The van der Waals surface area contributed by atoms with Crippen molar-refractivity contribution < 1.29 is 19.2 Å². The Kier molecular flexibility index (Phi) is 8.27. The predicted molar refractivity (Wildman–Crippen MR) is 143 cm³/mol. The molecule has 13 nitrogen and oxygen atoms in total. The molecule has 3 aliphatic rings. The molecule has 0 spiro atoms. The number of rotatable bonds is 3. The number of nitrogens with one attached hydrogen (secondary N) is 1. The summed E-state index contributed by atoms with van der Waals surface area (Å²) in [6.07, 6.45) is 7.18. The first-order valence-corrected chi connectivity index (χ1v) is 14.0. The number of aromatic nitrogens is 4. The molecule has 5 heterocycles. The zero-order valence-corrected chi connectivity index (χ0v) is 22.8. The van der Waals surface area contributed by atoms with Crippen LogP contribution in [0.25, 0.3) is 0 Å². The molecule has 0 saturated carbocycles. The number of carbonyl (C=O) groups is 4. The normalized spacial score (nSPS) is 22.6. The summed E-state index contributed by atoms with van der Waals surface area (Å²) in [5.41, 5.74) is 0.144. The molecular formula is C27H36N8O5. The molecule has 4 amide bonds. The molecule has 214 valence electrons. The van der Waals surface area contributed by atoms with E-state index in [1.807, 2.05) is 0 Å². The van der Waals surface area contributed by atoms with Gasteiger partial charge in [-0.25, -0.2) is 4.68 Å². The van der Waals surface area contributed by atoms with Crippen LogP contribution in [-0.4, -0.2) is 104 Å². The molecule has 13 heteroatoms. The van der Waals surface area contributed by atoms with Crippen LogP contribution in [0.5, 0.6) is 0 Å². The largest absolute Gasteiger partial charge is 0.354 e. The third-order valence-electron chi connectivity index (χ3n) is 8.07. The van der Waals surface area contributed by atoms with Crippen LogP contribution in [0.4, 0.5) is 0 Å². The molecule has 0 aromatic carbocycles. The van der Waals surface area contributed by atoms with E-state index in [0.29, 0.717) is 38.3 Å². The van der Waals surface area contributed by atoms with Crippen molar-refractivity contribution in [1.29, 1.82) is 0 Å². The molecule has 0 radical (unpaired) electrons. The van der Waals surface area contributed by atoms with Crippen molar-refractivity contribution in [2.45, 2.75) is 51.1 Å². The Bertz CT molecular complexity index is 1340. The van der Waals surface area contributed by atoms with Gasteiger partial charge in [-0.3, -0.25) is 24.0 Å². The van der Waals surface area contributed by atoms with Gasteiger partial charge in [-0.1, -0.05) is 11.6 Å². The monoisotopic (exact) mass is 552 g/mol. The Labute approximate surface area is 232 Å². The number of fused-ring (bicyclic) bond motifs is 6. The van der Waals surface area contributed by atoms with Crippen LogP contribution in [0.1, 0.15) is 60.6 Å². The maximum atomic E-state index is 13.2. The molecule has 40 heavy (non-hydrogen) atoms. The number of hydrogen-bond acceptors (Lipinski definition) is 7. The second-order valence-corrected chi connectivity index (χ2v) is 10.9. The second kappa shape index (κ2) is 12.0. The fourth-order valence-corrected chi connectivity index (χ4v) is 5.75. The maximum Gasteiger partial charge on any atom is 0.263 e. The molecule has 4 bridgehead atoms. The molecule has 0 unspecified atom stereocenters. The highest BCUT2D eigenvalue weighted by Crippen LogP contribution is 2.31. The predicted octanol–water partition coefficient (Wildman–Crippen LogP) is -0.128. The van der Waals surface area contributed by atoms with Gasteiger partial charge < -0.3 is 24.6 Å². The van der Waals surface area contributed by atoms with Crippen LogP contribution in [0.2, 0.25) is 0 Å². The molecule has 2 saturated heterocycles. The average molecular weight is 553 g/mol. The summed E-state index contributed by atoms with van der Waals surface area (Å²) in [6, 6.07) is 2.87. The van der Waals surface area contributed by atoms with Gasteiger partial charge >= 0.3 is 0 Å². The summed E-state index contributed by atoms with van der Waals surface area (Å²) in [5, 5.41) is 11.4. The van der Waals surface area contributed by atoms with E-state index in [1.165, 1.54) is 15.5 Å². The third-order valence-corrected chi connectivity index (χ3v) is 8.07. The van der Waals surface area contributed by atoms with Gasteiger partial charge in [0.25, 0.3) is 11.5 Å². The Morgan fingerprint density at radius 1 is 1.10 bits per heavy atom. The van der Waals surface area contributed by atoms with Crippen molar-refractivity contribution in [1.82, 2.24) is 39.6 Å². The Balaban J connectivity index is 1.35.